The number of halogens is 1. The van der Waals surface area contributed by atoms with Crippen molar-refractivity contribution in [1.82, 2.24) is 10.6 Å². The van der Waals surface area contributed by atoms with Crippen molar-refractivity contribution in [1.29, 1.82) is 0 Å². The Kier molecular flexibility index (Phi) is 5.59. The van der Waals surface area contributed by atoms with Gasteiger partial charge in [-0.2, -0.15) is 0 Å². The largest absolute Gasteiger partial charge is 0.349 e. The summed E-state index contributed by atoms with van der Waals surface area (Å²) in [5, 5.41) is 6.55. The van der Waals surface area contributed by atoms with Crippen LogP contribution in [0.3, 0.4) is 0 Å². The topological polar surface area (TPSA) is 41.1 Å². The van der Waals surface area contributed by atoms with Crippen LogP contribution < -0.4 is 10.6 Å². The van der Waals surface area contributed by atoms with E-state index < -0.39 is 0 Å². The van der Waals surface area contributed by atoms with Crippen LogP contribution in [0.4, 0.5) is 4.39 Å². The van der Waals surface area contributed by atoms with E-state index in [0.717, 1.165) is 30.8 Å². The number of rotatable bonds is 4. The summed E-state index contributed by atoms with van der Waals surface area (Å²) < 4.78 is 13.9. The molecule has 1 saturated heterocycles. The van der Waals surface area contributed by atoms with E-state index in [0.29, 0.717) is 23.2 Å². The number of carbonyl (C=O) groups is 1. The van der Waals surface area contributed by atoms with Gasteiger partial charge in [-0.05, 0) is 55.8 Å². The van der Waals surface area contributed by atoms with E-state index in [-0.39, 0.29) is 17.8 Å². The van der Waals surface area contributed by atoms with E-state index in [1.165, 1.54) is 18.9 Å². The Morgan fingerprint density at radius 3 is 3.13 bits per heavy atom. The van der Waals surface area contributed by atoms with Crippen molar-refractivity contribution in [3.8, 4) is 0 Å². The van der Waals surface area contributed by atoms with Crippen molar-refractivity contribution in [2.24, 2.45) is 11.8 Å². The highest BCUT2D eigenvalue weighted by atomic mass is 32.2. The van der Waals surface area contributed by atoms with Crippen molar-refractivity contribution in [2.45, 2.75) is 43.5 Å². The second kappa shape index (κ2) is 7.67. The van der Waals surface area contributed by atoms with Crippen LogP contribution in [-0.4, -0.2) is 24.7 Å². The molecule has 5 heteroatoms. The zero-order chi connectivity index (χ0) is 16.2. The van der Waals surface area contributed by atoms with E-state index in [1.54, 1.807) is 17.8 Å². The average molecular weight is 336 g/mol. The smallest absolute Gasteiger partial charge is 0.220 e. The minimum Gasteiger partial charge on any atom is -0.349 e. The van der Waals surface area contributed by atoms with Gasteiger partial charge in [-0.15, -0.1) is 11.8 Å². The molecule has 126 valence electrons. The highest BCUT2D eigenvalue weighted by Crippen LogP contribution is 2.37. The van der Waals surface area contributed by atoms with E-state index in [9.17, 15) is 9.18 Å². The average Bonchev–Trinajstić information content (AvgIpc) is 2.56. The van der Waals surface area contributed by atoms with E-state index >= 15 is 0 Å². The molecule has 1 fully saturated rings. The molecule has 2 heterocycles. The molecular formula is C18H25FN2OS. The molecule has 0 aliphatic carbocycles. The first-order chi connectivity index (χ1) is 11.1. The first-order valence-electron chi connectivity index (χ1n) is 8.56. The maximum Gasteiger partial charge on any atom is 0.220 e. The predicted molar refractivity (Wildman–Crippen MR) is 92.0 cm³/mol. The number of nitrogens with one attached hydrogen (secondary N) is 2. The monoisotopic (exact) mass is 336 g/mol. The second-order valence-electron chi connectivity index (χ2n) is 6.70. The number of carbonyl (C=O) groups excluding carboxylic acids is 1. The third kappa shape index (κ3) is 4.07. The van der Waals surface area contributed by atoms with Gasteiger partial charge in [-0.1, -0.05) is 19.1 Å². The van der Waals surface area contributed by atoms with Crippen LogP contribution in [0.25, 0.3) is 0 Å². The highest BCUT2D eigenvalue weighted by molar-refractivity contribution is 7.99. The fourth-order valence-electron chi connectivity index (χ4n) is 3.61. The standard InChI is InChI=1S/C18H25FN2OS/c1-12(13-4-3-8-20-11-13)10-17(22)21-16-7-9-23-18-14(16)5-2-6-15(18)19/h2,5-6,12-13,16,20H,3-4,7-11H2,1H3,(H,21,22). The van der Waals surface area contributed by atoms with Gasteiger partial charge >= 0.3 is 0 Å². The van der Waals surface area contributed by atoms with Gasteiger partial charge in [0.05, 0.1) is 6.04 Å². The zero-order valence-corrected chi connectivity index (χ0v) is 14.4. The number of hydrogen-bond donors (Lipinski definition) is 2. The van der Waals surface area contributed by atoms with Gasteiger partial charge in [0.15, 0.2) is 0 Å². The molecule has 3 rings (SSSR count). The van der Waals surface area contributed by atoms with Crippen LogP contribution in [0, 0.1) is 17.7 Å². The summed E-state index contributed by atoms with van der Waals surface area (Å²) in [4.78, 5) is 13.1. The SMILES string of the molecule is CC(CC(=O)NC1CCSc2c(F)cccc21)C1CCCNC1. The molecule has 3 unspecified atom stereocenters. The third-order valence-electron chi connectivity index (χ3n) is 5.01. The third-order valence-corrected chi connectivity index (χ3v) is 6.17. The van der Waals surface area contributed by atoms with Crippen LogP contribution in [0.5, 0.6) is 0 Å². The lowest BCUT2D eigenvalue weighted by Crippen LogP contribution is -2.37. The summed E-state index contributed by atoms with van der Waals surface area (Å²) in [6, 6.07) is 5.11. The number of benzene rings is 1. The van der Waals surface area contributed by atoms with Crippen LogP contribution >= 0.6 is 11.8 Å². The summed E-state index contributed by atoms with van der Waals surface area (Å²) in [7, 11) is 0. The lowest BCUT2D eigenvalue weighted by atomic mass is 9.85. The number of amides is 1. The van der Waals surface area contributed by atoms with Crippen LogP contribution in [0.1, 0.15) is 44.2 Å². The minimum atomic E-state index is -0.173. The highest BCUT2D eigenvalue weighted by Gasteiger charge is 2.26. The summed E-state index contributed by atoms with van der Waals surface area (Å²) in [6.07, 6.45) is 3.82. The quantitative estimate of drug-likeness (QED) is 0.884. The van der Waals surface area contributed by atoms with Gasteiger partial charge in [0.25, 0.3) is 0 Å². The molecule has 0 radical (unpaired) electrons. The predicted octanol–water partition coefficient (Wildman–Crippen LogP) is 3.50. The zero-order valence-electron chi connectivity index (χ0n) is 13.6. The number of hydrogen-bond acceptors (Lipinski definition) is 3. The molecule has 1 aromatic rings. The first-order valence-corrected chi connectivity index (χ1v) is 9.55. The molecule has 1 aromatic carbocycles. The molecular weight excluding hydrogens is 311 g/mol. The molecule has 0 bridgehead atoms. The summed E-state index contributed by atoms with van der Waals surface area (Å²) >= 11 is 1.55. The first kappa shape index (κ1) is 16.8. The molecule has 3 atom stereocenters. The van der Waals surface area contributed by atoms with Crippen molar-refractivity contribution < 1.29 is 9.18 Å². The van der Waals surface area contributed by atoms with Crippen LogP contribution in [0.15, 0.2) is 23.1 Å². The molecule has 23 heavy (non-hydrogen) atoms. The molecule has 3 nitrogen and oxygen atoms in total. The van der Waals surface area contributed by atoms with Gasteiger partial charge in [0.2, 0.25) is 5.91 Å². The fourth-order valence-corrected chi connectivity index (χ4v) is 4.75. The van der Waals surface area contributed by atoms with Crippen LogP contribution in [-0.2, 0) is 4.79 Å². The summed E-state index contributed by atoms with van der Waals surface area (Å²) in [5.41, 5.74) is 0.932. The molecule has 2 aliphatic rings. The van der Waals surface area contributed by atoms with E-state index in [2.05, 4.69) is 17.6 Å². The number of fused-ring (bicyclic) bond motifs is 1. The number of piperidine rings is 1. The Hall–Kier alpha value is -1.07. The molecule has 1 amide bonds. The summed E-state index contributed by atoms with van der Waals surface area (Å²) in [6.45, 7) is 4.28. The summed E-state index contributed by atoms with van der Waals surface area (Å²) in [5.74, 6) is 1.73. The molecule has 2 aliphatic heterocycles. The van der Waals surface area contributed by atoms with Gasteiger partial charge in [0.1, 0.15) is 5.82 Å². The lowest BCUT2D eigenvalue weighted by Gasteiger charge is -2.30. The molecule has 0 aromatic heterocycles. The van der Waals surface area contributed by atoms with Gasteiger partial charge in [-0.25, -0.2) is 4.39 Å². The van der Waals surface area contributed by atoms with Crippen molar-refractivity contribution in [2.75, 3.05) is 18.8 Å². The Bertz CT molecular complexity index is 560. The van der Waals surface area contributed by atoms with Gasteiger partial charge in [0, 0.05) is 17.1 Å². The lowest BCUT2D eigenvalue weighted by molar-refractivity contribution is -0.123. The fraction of sp³-hybridized carbons (Fsp3) is 0.611. The van der Waals surface area contributed by atoms with Gasteiger partial charge < -0.3 is 10.6 Å². The maximum atomic E-state index is 13.9. The Morgan fingerprint density at radius 1 is 1.48 bits per heavy atom. The molecule has 0 saturated carbocycles. The Labute approximate surface area is 141 Å². The minimum absolute atomic E-state index is 0.0499. The normalized spacial score (nSPS) is 25.5. The van der Waals surface area contributed by atoms with Gasteiger partial charge in [-0.3, -0.25) is 4.79 Å². The Morgan fingerprint density at radius 2 is 2.35 bits per heavy atom. The number of thioether (sulfide) groups is 1. The maximum absolute atomic E-state index is 13.9. The van der Waals surface area contributed by atoms with E-state index in [4.69, 9.17) is 0 Å². The van der Waals surface area contributed by atoms with Crippen molar-refractivity contribution >= 4 is 17.7 Å². The van der Waals surface area contributed by atoms with Crippen LogP contribution in [0.2, 0.25) is 0 Å². The van der Waals surface area contributed by atoms with Crippen molar-refractivity contribution in [3.05, 3.63) is 29.6 Å². The van der Waals surface area contributed by atoms with E-state index in [1.807, 2.05) is 6.07 Å². The molecule has 0 spiro atoms. The second-order valence-corrected chi connectivity index (χ2v) is 7.81. The Balaban J connectivity index is 1.59. The molecule has 2 N–H and O–H groups in total. The van der Waals surface area contributed by atoms with Crippen molar-refractivity contribution in [3.63, 3.8) is 0 Å².